The summed E-state index contributed by atoms with van der Waals surface area (Å²) >= 11 is 0. The van der Waals surface area contributed by atoms with E-state index in [1.807, 2.05) is 20.0 Å². The van der Waals surface area contributed by atoms with E-state index < -0.39 is 0 Å². The van der Waals surface area contributed by atoms with Crippen LogP contribution >= 0.6 is 0 Å². The lowest BCUT2D eigenvalue weighted by atomic mass is 10.2. The molecule has 0 aliphatic heterocycles. The lowest BCUT2D eigenvalue weighted by Crippen LogP contribution is -2.06. The maximum atomic E-state index is 5.60. The van der Waals surface area contributed by atoms with Gasteiger partial charge in [-0.3, -0.25) is 0 Å². The van der Waals surface area contributed by atoms with Crippen LogP contribution in [0.3, 0.4) is 0 Å². The van der Waals surface area contributed by atoms with E-state index in [1.165, 1.54) is 5.56 Å². The van der Waals surface area contributed by atoms with Crippen LogP contribution in [0.15, 0.2) is 10.5 Å². The zero-order valence-electron chi connectivity index (χ0n) is 12.2. The molecule has 0 radical (unpaired) electrons. The summed E-state index contributed by atoms with van der Waals surface area (Å²) in [5.41, 5.74) is 1.18. The van der Waals surface area contributed by atoms with Crippen LogP contribution in [0.1, 0.15) is 23.5 Å². The maximum absolute atomic E-state index is 5.60. The molecule has 0 unspecified atom stereocenters. The van der Waals surface area contributed by atoms with Gasteiger partial charge in [0.1, 0.15) is 18.1 Å². The standard InChI is InChI=1S/C14H25NO4/c1-12-13(10-15-2)9-14(19-12)11-18-8-7-17-6-4-5-16-3/h9,15H,4-8,10-11H2,1-3H3. The van der Waals surface area contributed by atoms with Crippen LogP contribution in [-0.4, -0.2) is 40.6 Å². The molecular formula is C14H25NO4. The molecule has 0 atom stereocenters. The van der Waals surface area contributed by atoms with E-state index in [0.29, 0.717) is 26.4 Å². The van der Waals surface area contributed by atoms with Crippen molar-refractivity contribution in [1.82, 2.24) is 5.32 Å². The van der Waals surface area contributed by atoms with Gasteiger partial charge in [0.2, 0.25) is 0 Å². The van der Waals surface area contributed by atoms with Gasteiger partial charge in [0.25, 0.3) is 0 Å². The second kappa shape index (κ2) is 9.97. The number of rotatable bonds is 11. The predicted octanol–water partition coefficient (Wildman–Crippen LogP) is 1.88. The highest BCUT2D eigenvalue weighted by Gasteiger charge is 2.06. The van der Waals surface area contributed by atoms with Crippen molar-refractivity contribution >= 4 is 0 Å². The minimum absolute atomic E-state index is 0.492. The highest BCUT2D eigenvalue weighted by Crippen LogP contribution is 2.15. The highest BCUT2D eigenvalue weighted by atomic mass is 16.5. The molecule has 5 heteroatoms. The summed E-state index contributed by atoms with van der Waals surface area (Å²) in [6.45, 7) is 5.91. The van der Waals surface area contributed by atoms with Crippen molar-refractivity contribution in [2.75, 3.05) is 40.6 Å². The first-order valence-corrected chi connectivity index (χ1v) is 6.65. The van der Waals surface area contributed by atoms with Crippen molar-refractivity contribution in [1.29, 1.82) is 0 Å². The Bertz CT molecular complexity index is 338. The van der Waals surface area contributed by atoms with Gasteiger partial charge in [-0.25, -0.2) is 0 Å². The van der Waals surface area contributed by atoms with Crippen molar-refractivity contribution in [3.8, 4) is 0 Å². The molecule has 1 rings (SSSR count). The lowest BCUT2D eigenvalue weighted by Gasteiger charge is -2.04. The molecule has 19 heavy (non-hydrogen) atoms. The number of nitrogens with one attached hydrogen (secondary N) is 1. The van der Waals surface area contributed by atoms with Gasteiger partial charge in [0.05, 0.1) is 13.2 Å². The fourth-order valence-corrected chi connectivity index (χ4v) is 1.72. The van der Waals surface area contributed by atoms with Crippen molar-refractivity contribution < 1.29 is 18.6 Å². The van der Waals surface area contributed by atoms with E-state index >= 15 is 0 Å². The van der Waals surface area contributed by atoms with Crippen molar-refractivity contribution in [2.45, 2.75) is 26.5 Å². The molecule has 1 heterocycles. The number of aryl methyl sites for hydroxylation is 1. The van der Waals surface area contributed by atoms with Crippen molar-refractivity contribution in [3.63, 3.8) is 0 Å². The summed E-state index contributed by atoms with van der Waals surface area (Å²) in [7, 11) is 3.61. The molecular weight excluding hydrogens is 246 g/mol. The van der Waals surface area contributed by atoms with Crippen LogP contribution in [0.4, 0.5) is 0 Å². The van der Waals surface area contributed by atoms with Gasteiger partial charge >= 0.3 is 0 Å². The van der Waals surface area contributed by atoms with Crippen LogP contribution < -0.4 is 5.32 Å². The summed E-state index contributed by atoms with van der Waals surface area (Å²) in [5.74, 6) is 1.81. The Morgan fingerprint density at radius 3 is 2.68 bits per heavy atom. The fourth-order valence-electron chi connectivity index (χ4n) is 1.72. The van der Waals surface area contributed by atoms with E-state index in [9.17, 15) is 0 Å². The smallest absolute Gasteiger partial charge is 0.130 e. The molecule has 0 saturated heterocycles. The molecule has 1 N–H and O–H groups in total. The summed E-state index contributed by atoms with van der Waals surface area (Å²) in [6, 6.07) is 2.03. The molecule has 1 aromatic heterocycles. The van der Waals surface area contributed by atoms with Gasteiger partial charge < -0.3 is 23.9 Å². The van der Waals surface area contributed by atoms with Gasteiger partial charge in [-0.1, -0.05) is 0 Å². The van der Waals surface area contributed by atoms with E-state index in [1.54, 1.807) is 7.11 Å². The van der Waals surface area contributed by atoms with Gasteiger partial charge in [0, 0.05) is 32.4 Å². The Balaban J connectivity index is 2.07. The second-order valence-electron chi connectivity index (χ2n) is 4.34. The topological polar surface area (TPSA) is 52.9 Å². The second-order valence-corrected chi connectivity index (χ2v) is 4.34. The molecule has 0 fully saturated rings. The highest BCUT2D eigenvalue weighted by molar-refractivity contribution is 5.20. The first-order valence-electron chi connectivity index (χ1n) is 6.65. The maximum Gasteiger partial charge on any atom is 0.130 e. The molecule has 1 aromatic rings. The van der Waals surface area contributed by atoms with Crippen LogP contribution in [0.25, 0.3) is 0 Å². The average molecular weight is 271 g/mol. The number of hydrogen-bond acceptors (Lipinski definition) is 5. The van der Waals surface area contributed by atoms with E-state index in [2.05, 4.69) is 5.32 Å². The molecule has 0 aliphatic carbocycles. The van der Waals surface area contributed by atoms with Crippen LogP contribution in [0.2, 0.25) is 0 Å². The number of methoxy groups -OCH3 is 1. The van der Waals surface area contributed by atoms with Gasteiger partial charge in [-0.05, 0) is 26.5 Å². The van der Waals surface area contributed by atoms with Gasteiger partial charge in [0.15, 0.2) is 0 Å². The third-order valence-electron chi connectivity index (χ3n) is 2.69. The van der Waals surface area contributed by atoms with Crippen LogP contribution in [0, 0.1) is 6.92 Å². The molecule has 5 nitrogen and oxygen atoms in total. The van der Waals surface area contributed by atoms with Crippen LogP contribution in [0.5, 0.6) is 0 Å². The molecule has 0 spiro atoms. The van der Waals surface area contributed by atoms with E-state index in [0.717, 1.165) is 31.1 Å². The molecule has 0 aliphatic rings. The summed E-state index contributed by atoms with van der Waals surface area (Å²) in [6.07, 6.45) is 0.918. The third kappa shape index (κ3) is 6.73. The zero-order valence-corrected chi connectivity index (χ0v) is 12.2. The molecule has 0 saturated carbocycles. The monoisotopic (exact) mass is 271 g/mol. The average Bonchev–Trinajstić information content (AvgIpc) is 2.74. The van der Waals surface area contributed by atoms with E-state index in [-0.39, 0.29) is 0 Å². The Hall–Kier alpha value is -0.880. The minimum atomic E-state index is 0.492. The third-order valence-corrected chi connectivity index (χ3v) is 2.69. The largest absolute Gasteiger partial charge is 0.464 e. The minimum Gasteiger partial charge on any atom is -0.464 e. The summed E-state index contributed by atoms with van der Waals surface area (Å²) < 4.78 is 21.4. The molecule has 0 aromatic carbocycles. The van der Waals surface area contributed by atoms with E-state index in [4.69, 9.17) is 18.6 Å². The molecule has 0 amide bonds. The van der Waals surface area contributed by atoms with Gasteiger partial charge in [-0.2, -0.15) is 0 Å². The Morgan fingerprint density at radius 1 is 1.16 bits per heavy atom. The lowest BCUT2D eigenvalue weighted by molar-refractivity contribution is 0.0285. The first-order chi connectivity index (χ1) is 9.27. The van der Waals surface area contributed by atoms with Crippen LogP contribution in [-0.2, 0) is 27.4 Å². The summed E-state index contributed by atoms with van der Waals surface area (Å²) in [4.78, 5) is 0. The Labute approximate surface area is 115 Å². The number of ether oxygens (including phenoxy) is 3. The first kappa shape index (κ1) is 16.2. The normalized spacial score (nSPS) is 11.1. The SMILES string of the molecule is CNCc1cc(COCCOCCCOC)oc1C. The Morgan fingerprint density at radius 2 is 1.95 bits per heavy atom. The quantitative estimate of drug-likeness (QED) is 0.623. The molecule has 110 valence electrons. The molecule has 0 bridgehead atoms. The number of furan rings is 1. The zero-order chi connectivity index (χ0) is 13.9. The summed E-state index contributed by atoms with van der Waals surface area (Å²) in [5, 5.41) is 3.11. The number of hydrogen-bond donors (Lipinski definition) is 1. The Kier molecular flexibility index (Phi) is 8.49. The van der Waals surface area contributed by atoms with Crippen molar-refractivity contribution in [2.24, 2.45) is 0 Å². The fraction of sp³-hybridized carbons (Fsp3) is 0.714. The van der Waals surface area contributed by atoms with Gasteiger partial charge in [-0.15, -0.1) is 0 Å². The van der Waals surface area contributed by atoms with Crippen molar-refractivity contribution in [3.05, 3.63) is 23.2 Å². The predicted molar refractivity (Wildman–Crippen MR) is 73.2 cm³/mol.